The number of hydrogen-bond donors (Lipinski definition) is 0. The van der Waals surface area contributed by atoms with Crippen LogP contribution in [0.15, 0.2) is 0 Å². The van der Waals surface area contributed by atoms with Gasteiger partial charge in [-0.2, -0.15) is 0 Å². The Hall–Kier alpha value is -1.06. The number of amides is 1. The van der Waals surface area contributed by atoms with Crippen LogP contribution >= 0.6 is 0 Å². The molecule has 0 bridgehead atoms. The molecule has 1 aliphatic heterocycles. The fourth-order valence-electron chi connectivity index (χ4n) is 1.85. The summed E-state index contributed by atoms with van der Waals surface area (Å²) in [5.41, 5.74) is 0. The van der Waals surface area contributed by atoms with Gasteiger partial charge in [0.25, 0.3) is 0 Å². The molecule has 0 N–H and O–H groups in total. The van der Waals surface area contributed by atoms with Gasteiger partial charge in [-0.1, -0.05) is 6.92 Å². The highest BCUT2D eigenvalue weighted by molar-refractivity contribution is 5.77. The van der Waals surface area contributed by atoms with E-state index in [-0.39, 0.29) is 17.8 Å². The highest BCUT2D eigenvalue weighted by atomic mass is 16.5. The van der Waals surface area contributed by atoms with Crippen molar-refractivity contribution in [3.8, 4) is 0 Å². The minimum absolute atomic E-state index is 0.00847. The average molecular weight is 213 g/mol. The molecule has 1 saturated heterocycles. The van der Waals surface area contributed by atoms with E-state index in [1.54, 1.807) is 0 Å². The van der Waals surface area contributed by atoms with Gasteiger partial charge in [-0.25, -0.2) is 0 Å². The Bertz CT molecular complexity index is 232. The predicted octanol–water partition coefficient (Wildman–Crippen LogP) is 1.20. The van der Waals surface area contributed by atoms with Gasteiger partial charge in [0, 0.05) is 19.5 Å². The molecule has 86 valence electrons. The zero-order valence-electron chi connectivity index (χ0n) is 9.49. The molecule has 0 radical (unpaired) electrons. The summed E-state index contributed by atoms with van der Waals surface area (Å²) in [5, 5.41) is 0. The van der Waals surface area contributed by atoms with Crippen LogP contribution in [0.3, 0.4) is 0 Å². The first-order valence-corrected chi connectivity index (χ1v) is 5.63. The smallest absolute Gasteiger partial charge is 0.309 e. The zero-order valence-corrected chi connectivity index (χ0v) is 9.49. The van der Waals surface area contributed by atoms with Gasteiger partial charge >= 0.3 is 5.97 Å². The third-order valence-corrected chi connectivity index (χ3v) is 2.77. The zero-order chi connectivity index (χ0) is 11.3. The molecule has 1 aliphatic rings. The fourth-order valence-corrected chi connectivity index (χ4v) is 1.85. The summed E-state index contributed by atoms with van der Waals surface area (Å²) in [6.45, 7) is 5.49. The second kappa shape index (κ2) is 5.73. The van der Waals surface area contributed by atoms with Gasteiger partial charge in [-0.05, 0) is 19.8 Å². The van der Waals surface area contributed by atoms with E-state index in [9.17, 15) is 9.59 Å². The Kier molecular flexibility index (Phi) is 4.59. The van der Waals surface area contributed by atoms with Crippen molar-refractivity contribution in [3.63, 3.8) is 0 Å². The van der Waals surface area contributed by atoms with Crippen molar-refractivity contribution in [2.45, 2.75) is 33.1 Å². The molecule has 1 fully saturated rings. The first kappa shape index (κ1) is 12.0. The van der Waals surface area contributed by atoms with Gasteiger partial charge in [0.05, 0.1) is 12.5 Å². The van der Waals surface area contributed by atoms with Gasteiger partial charge in [0.2, 0.25) is 5.91 Å². The minimum Gasteiger partial charge on any atom is -0.466 e. The van der Waals surface area contributed by atoms with E-state index in [1.807, 2.05) is 18.7 Å². The first-order chi connectivity index (χ1) is 7.19. The van der Waals surface area contributed by atoms with Gasteiger partial charge in [0.15, 0.2) is 0 Å². The molecule has 4 nitrogen and oxygen atoms in total. The molecule has 0 spiro atoms. The molecule has 1 heterocycles. The number of hydrogen-bond acceptors (Lipinski definition) is 3. The molecule has 0 aliphatic carbocycles. The van der Waals surface area contributed by atoms with Crippen molar-refractivity contribution in [3.05, 3.63) is 0 Å². The molecule has 0 aromatic rings. The molecule has 1 amide bonds. The number of carbonyl (C=O) groups is 2. The highest BCUT2D eigenvalue weighted by Crippen LogP contribution is 2.19. The topological polar surface area (TPSA) is 46.6 Å². The van der Waals surface area contributed by atoms with Gasteiger partial charge in [-0.3, -0.25) is 9.59 Å². The standard InChI is InChI=1S/C11H19NO3/c1-3-10(13)12-7-5-9(6-8-12)11(14)15-4-2/h9H,3-8H2,1-2H3. The SMILES string of the molecule is CCOC(=O)C1CCN(C(=O)CC)CC1. The van der Waals surface area contributed by atoms with E-state index in [1.165, 1.54) is 0 Å². The summed E-state index contributed by atoms with van der Waals surface area (Å²) in [4.78, 5) is 24.6. The summed E-state index contributed by atoms with van der Waals surface area (Å²) in [6.07, 6.45) is 2.03. The molecule has 15 heavy (non-hydrogen) atoms. The molecule has 0 atom stereocenters. The molecule has 0 saturated carbocycles. The molecule has 0 aromatic carbocycles. The van der Waals surface area contributed by atoms with Gasteiger partial charge < -0.3 is 9.64 Å². The maximum Gasteiger partial charge on any atom is 0.309 e. The Morgan fingerprint density at radius 1 is 1.27 bits per heavy atom. The number of nitrogens with zero attached hydrogens (tertiary/aromatic N) is 1. The fraction of sp³-hybridized carbons (Fsp3) is 0.818. The lowest BCUT2D eigenvalue weighted by Gasteiger charge is -2.30. The second-order valence-corrected chi connectivity index (χ2v) is 3.76. The van der Waals surface area contributed by atoms with Crippen molar-refractivity contribution < 1.29 is 14.3 Å². The van der Waals surface area contributed by atoms with Crippen LogP contribution in [0, 0.1) is 5.92 Å². The van der Waals surface area contributed by atoms with E-state index in [4.69, 9.17) is 4.74 Å². The summed E-state index contributed by atoms with van der Waals surface area (Å²) >= 11 is 0. The van der Waals surface area contributed by atoms with Crippen LogP contribution in [0.25, 0.3) is 0 Å². The predicted molar refractivity (Wildman–Crippen MR) is 56.2 cm³/mol. The van der Waals surface area contributed by atoms with E-state index in [0.29, 0.717) is 26.1 Å². The summed E-state index contributed by atoms with van der Waals surface area (Å²) in [6, 6.07) is 0. The molecular weight excluding hydrogens is 194 g/mol. The minimum atomic E-state index is -0.110. The van der Waals surface area contributed by atoms with Crippen LogP contribution in [-0.2, 0) is 14.3 Å². The van der Waals surface area contributed by atoms with Crippen molar-refractivity contribution in [2.75, 3.05) is 19.7 Å². The third-order valence-electron chi connectivity index (χ3n) is 2.77. The highest BCUT2D eigenvalue weighted by Gasteiger charge is 2.27. The molecule has 0 aromatic heterocycles. The van der Waals surface area contributed by atoms with E-state index >= 15 is 0 Å². The monoisotopic (exact) mass is 213 g/mol. The number of esters is 1. The Morgan fingerprint density at radius 3 is 2.33 bits per heavy atom. The average Bonchev–Trinajstić information content (AvgIpc) is 2.28. The number of likely N-dealkylation sites (tertiary alicyclic amines) is 1. The number of rotatable bonds is 3. The van der Waals surface area contributed by atoms with Crippen LogP contribution in [0.1, 0.15) is 33.1 Å². The van der Waals surface area contributed by atoms with Crippen molar-refractivity contribution in [1.29, 1.82) is 0 Å². The molecule has 0 unspecified atom stereocenters. The molecular formula is C11H19NO3. The summed E-state index contributed by atoms with van der Waals surface area (Å²) in [5.74, 6) is 0.0595. The third kappa shape index (κ3) is 3.22. The van der Waals surface area contributed by atoms with Crippen LogP contribution < -0.4 is 0 Å². The quantitative estimate of drug-likeness (QED) is 0.662. The van der Waals surface area contributed by atoms with E-state index in [0.717, 1.165) is 12.8 Å². The number of ether oxygens (including phenoxy) is 1. The Balaban J connectivity index is 2.35. The summed E-state index contributed by atoms with van der Waals surface area (Å²) < 4.78 is 4.96. The van der Waals surface area contributed by atoms with Crippen LogP contribution in [-0.4, -0.2) is 36.5 Å². The lowest BCUT2D eigenvalue weighted by Crippen LogP contribution is -2.40. The maximum atomic E-state index is 11.4. The van der Waals surface area contributed by atoms with Crippen molar-refractivity contribution in [1.82, 2.24) is 4.90 Å². The second-order valence-electron chi connectivity index (χ2n) is 3.76. The van der Waals surface area contributed by atoms with Gasteiger partial charge in [0.1, 0.15) is 0 Å². The van der Waals surface area contributed by atoms with E-state index < -0.39 is 0 Å². The normalized spacial score (nSPS) is 17.6. The van der Waals surface area contributed by atoms with Crippen molar-refractivity contribution in [2.24, 2.45) is 5.92 Å². The lowest BCUT2D eigenvalue weighted by atomic mass is 9.97. The largest absolute Gasteiger partial charge is 0.466 e. The Morgan fingerprint density at radius 2 is 1.87 bits per heavy atom. The summed E-state index contributed by atoms with van der Waals surface area (Å²) in [7, 11) is 0. The number of piperidine rings is 1. The number of carbonyl (C=O) groups excluding carboxylic acids is 2. The lowest BCUT2D eigenvalue weighted by molar-refractivity contribution is -0.151. The van der Waals surface area contributed by atoms with Gasteiger partial charge in [-0.15, -0.1) is 0 Å². The molecule has 4 heteroatoms. The van der Waals surface area contributed by atoms with Crippen LogP contribution in [0.2, 0.25) is 0 Å². The maximum absolute atomic E-state index is 11.4. The van der Waals surface area contributed by atoms with Crippen LogP contribution in [0.4, 0.5) is 0 Å². The molecule has 1 rings (SSSR count). The van der Waals surface area contributed by atoms with E-state index in [2.05, 4.69) is 0 Å². The van der Waals surface area contributed by atoms with Crippen molar-refractivity contribution >= 4 is 11.9 Å². The van der Waals surface area contributed by atoms with Crippen LogP contribution in [0.5, 0.6) is 0 Å². The Labute approximate surface area is 90.6 Å². The first-order valence-electron chi connectivity index (χ1n) is 5.63.